The highest BCUT2D eigenvalue weighted by Crippen LogP contribution is 2.42. The van der Waals surface area contributed by atoms with Gasteiger partial charge in [0, 0.05) is 37.2 Å². The summed E-state index contributed by atoms with van der Waals surface area (Å²) in [6.45, 7) is 0. The van der Waals surface area contributed by atoms with Crippen LogP contribution in [0.5, 0.6) is 0 Å². The van der Waals surface area contributed by atoms with Gasteiger partial charge in [-0.25, -0.2) is 0 Å². The zero-order valence-electron chi connectivity index (χ0n) is 21.8. The Morgan fingerprint density at radius 1 is 0.375 bits per heavy atom. The number of benzene rings is 7. The van der Waals surface area contributed by atoms with Gasteiger partial charge in [-0.1, -0.05) is 109 Å². The molecule has 0 aliphatic carbocycles. The van der Waals surface area contributed by atoms with Gasteiger partial charge in [0.15, 0.2) is 0 Å². The Kier molecular flexibility index (Phi) is 5.39. The summed E-state index contributed by atoms with van der Waals surface area (Å²) in [5.74, 6) is 0. The Morgan fingerprint density at radius 3 is 1.82 bits per heavy atom. The molecule has 0 saturated carbocycles. The summed E-state index contributed by atoms with van der Waals surface area (Å²) in [7, 11) is 0. The molecule has 0 N–H and O–H groups in total. The van der Waals surface area contributed by atoms with Gasteiger partial charge in [0.2, 0.25) is 0 Å². The van der Waals surface area contributed by atoms with Crippen molar-refractivity contribution in [3.63, 3.8) is 0 Å². The highest BCUT2D eigenvalue weighted by Gasteiger charge is 2.15. The maximum Gasteiger partial charge on any atom is 0.0468 e. The highest BCUT2D eigenvalue weighted by molar-refractivity contribution is 7.26. The second-order valence-electron chi connectivity index (χ2n) is 10.2. The van der Waals surface area contributed by atoms with E-state index in [1.807, 2.05) is 11.3 Å². The SMILES string of the molecule is c1ccc(-c2ccc(N(c3ccc4ccccc4c3)c3ccc4c(ccc5c6ccccc6sc45)c3)cc2)cc1. The molecule has 0 spiro atoms. The van der Waals surface area contributed by atoms with Gasteiger partial charge in [-0.05, 0) is 75.1 Å². The van der Waals surface area contributed by atoms with E-state index < -0.39 is 0 Å². The molecule has 8 aromatic rings. The molecule has 0 bridgehead atoms. The van der Waals surface area contributed by atoms with Crippen LogP contribution in [0.2, 0.25) is 0 Å². The lowest BCUT2D eigenvalue weighted by molar-refractivity contribution is 1.29. The maximum atomic E-state index is 2.37. The third-order valence-corrected chi connectivity index (χ3v) is 9.05. The van der Waals surface area contributed by atoms with Gasteiger partial charge < -0.3 is 4.90 Å². The summed E-state index contributed by atoms with van der Waals surface area (Å²) in [4.78, 5) is 2.37. The number of fused-ring (bicyclic) bond motifs is 6. The molecule has 0 aliphatic rings. The number of thiophene rings is 1. The van der Waals surface area contributed by atoms with Crippen LogP contribution in [0.25, 0.3) is 52.8 Å². The molecule has 0 unspecified atom stereocenters. The van der Waals surface area contributed by atoms with E-state index in [2.05, 4.69) is 157 Å². The minimum atomic E-state index is 1.14. The van der Waals surface area contributed by atoms with Crippen LogP contribution < -0.4 is 4.90 Å². The monoisotopic (exact) mass is 527 g/mol. The lowest BCUT2D eigenvalue weighted by atomic mass is 10.0. The van der Waals surface area contributed by atoms with Crippen molar-refractivity contribution in [2.24, 2.45) is 0 Å². The average molecular weight is 528 g/mol. The predicted octanol–water partition coefficient (Wildman–Crippen LogP) is 11.5. The summed E-state index contributed by atoms with van der Waals surface area (Å²) in [6, 6.07) is 55.0. The molecule has 7 aromatic carbocycles. The van der Waals surface area contributed by atoms with Crippen LogP contribution in [0.4, 0.5) is 17.1 Å². The first-order chi connectivity index (χ1) is 19.8. The first-order valence-corrected chi connectivity index (χ1v) is 14.4. The average Bonchev–Trinajstić information content (AvgIpc) is 3.41. The standard InChI is InChI=1S/C38H25NS/c1-2-8-26(9-3-1)28-14-18-31(19-15-28)39(32-20-16-27-10-4-5-11-29(27)24-32)33-21-23-34-30(25-33)17-22-36-35-12-6-7-13-37(35)40-38(34)36/h1-25H. The molecule has 0 radical (unpaired) electrons. The van der Waals surface area contributed by atoms with Crippen LogP contribution in [0.1, 0.15) is 0 Å². The minimum absolute atomic E-state index is 1.14. The maximum absolute atomic E-state index is 2.37. The molecule has 0 saturated heterocycles. The van der Waals surface area contributed by atoms with Crippen molar-refractivity contribution in [2.75, 3.05) is 4.90 Å². The normalized spacial score (nSPS) is 11.5. The van der Waals surface area contributed by atoms with E-state index in [1.54, 1.807) is 0 Å². The third-order valence-electron chi connectivity index (χ3n) is 7.83. The van der Waals surface area contributed by atoms with Crippen LogP contribution >= 0.6 is 11.3 Å². The zero-order chi connectivity index (χ0) is 26.5. The molecule has 8 rings (SSSR count). The van der Waals surface area contributed by atoms with Gasteiger partial charge in [-0.15, -0.1) is 11.3 Å². The number of rotatable bonds is 4. The minimum Gasteiger partial charge on any atom is -0.310 e. The van der Waals surface area contributed by atoms with Crippen molar-refractivity contribution in [3.05, 3.63) is 152 Å². The number of nitrogens with zero attached hydrogens (tertiary/aromatic N) is 1. The van der Waals surface area contributed by atoms with Crippen LogP contribution in [-0.2, 0) is 0 Å². The van der Waals surface area contributed by atoms with Crippen LogP contribution in [0, 0.1) is 0 Å². The molecule has 0 aliphatic heterocycles. The summed E-state index contributed by atoms with van der Waals surface area (Å²) >= 11 is 1.89. The van der Waals surface area contributed by atoms with Crippen molar-refractivity contribution in [2.45, 2.75) is 0 Å². The van der Waals surface area contributed by atoms with E-state index in [-0.39, 0.29) is 0 Å². The molecule has 40 heavy (non-hydrogen) atoms. The van der Waals surface area contributed by atoms with E-state index in [0.29, 0.717) is 0 Å². The summed E-state index contributed by atoms with van der Waals surface area (Å²) < 4.78 is 2.69. The van der Waals surface area contributed by atoms with Gasteiger partial charge in [0.1, 0.15) is 0 Å². The van der Waals surface area contributed by atoms with Crippen molar-refractivity contribution in [1.29, 1.82) is 0 Å². The molecule has 1 aromatic heterocycles. The van der Waals surface area contributed by atoms with E-state index in [9.17, 15) is 0 Å². The molecule has 2 heteroatoms. The summed E-state index contributed by atoms with van der Waals surface area (Å²) in [5.41, 5.74) is 5.87. The molecular formula is C38H25NS. The Balaban J connectivity index is 1.30. The molecule has 0 amide bonds. The first kappa shape index (κ1) is 23.0. The Labute approximate surface area is 237 Å². The molecule has 1 nitrogen and oxygen atoms in total. The molecule has 0 fully saturated rings. The molecule has 0 atom stereocenters. The van der Waals surface area contributed by atoms with Crippen LogP contribution in [0.3, 0.4) is 0 Å². The number of hydrogen-bond acceptors (Lipinski definition) is 2. The fourth-order valence-electron chi connectivity index (χ4n) is 5.83. The lowest BCUT2D eigenvalue weighted by Crippen LogP contribution is -2.09. The van der Waals surface area contributed by atoms with E-state index in [1.165, 1.54) is 52.8 Å². The first-order valence-electron chi connectivity index (χ1n) is 13.6. The highest BCUT2D eigenvalue weighted by atomic mass is 32.1. The van der Waals surface area contributed by atoms with Crippen molar-refractivity contribution in [3.8, 4) is 11.1 Å². The fraction of sp³-hybridized carbons (Fsp3) is 0. The Morgan fingerprint density at radius 2 is 0.975 bits per heavy atom. The lowest BCUT2D eigenvalue weighted by Gasteiger charge is -2.26. The van der Waals surface area contributed by atoms with Gasteiger partial charge in [0.25, 0.3) is 0 Å². The molecular weight excluding hydrogens is 502 g/mol. The van der Waals surface area contributed by atoms with Gasteiger partial charge in [-0.3, -0.25) is 0 Å². The molecule has 1 heterocycles. The smallest absolute Gasteiger partial charge is 0.0468 e. The van der Waals surface area contributed by atoms with Crippen molar-refractivity contribution >= 4 is 70.1 Å². The second-order valence-corrected chi connectivity index (χ2v) is 11.3. The number of hydrogen-bond donors (Lipinski definition) is 0. The summed E-state index contributed by atoms with van der Waals surface area (Å²) in [5, 5.41) is 7.71. The van der Waals surface area contributed by atoms with Crippen LogP contribution in [-0.4, -0.2) is 0 Å². The van der Waals surface area contributed by atoms with Crippen molar-refractivity contribution in [1.82, 2.24) is 0 Å². The van der Waals surface area contributed by atoms with Crippen LogP contribution in [0.15, 0.2) is 152 Å². The summed E-state index contributed by atoms with van der Waals surface area (Å²) in [6.07, 6.45) is 0. The Hall–Kier alpha value is -4.92. The Bertz CT molecular complexity index is 2160. The van der Waals surface area contributed by atoms with E-state index in [0.717, 1.165) is 17.1 Å². The predicted molar refractivity (Wildman–Crippen MR) is 174 cm³/mol. The van der Waals surface area contributed by atoms with Gasteiger partial charge in [0.05, 0.1) is 0 Å². The molecule has 188 valence electrons. The largest absolute Gasteiger partial charge is 0.310 e. The fourth-order valence-corrected chi connectivity index (χ4v) is 7.07. The van der Waals surface area contributed by atoms with E-state index in [4.69, 9.17) is 0 Å². The zero-order valence-corrected chi connectivity index (χ0v) is 22.6. The van der Waals surface area contributed by atoms with Gasteiger partial charge in [-0.2, -0.15) is 0 Å². The topological polar surface area (TPSA) is 3.24 Å². The second kappa shape index (κ2) is 9.37. The third kappa shape index (κ3) is 3.85. The van der Waals surface area contributed by atoms with Gasteiger partial charge >= 0.3 is 0 Å². The quantitative estimate of drug-likeness (QED) is 0.220. The number of anilines is 3. The van der Waals surface area contributed by atoms with E-state index >= 15 is 0 Å². The van der Waals surface area contributed by atoms with Crippen molar-refractivity contribution < 1.29 is 0 Å².